The number of rotatable bonds is 6. The van der Waals surface area contributed by atoms with Crippen molar-refractivity contribution in [2.45, 2.75) is 45.6 Å². The highest BCUT2D eigenvalue weighted by atomic mass is 32.2. The van der Waals surface area contributed by atoms with E-state index >= 15 is 0 Å². The van der Waals surface area contributed by atoms with Gasteiger partial charge in [0.2, 0.25) is 10.0 Å². The van der Waals surface area contributed by atoms with Crippen LogP contribution in [0.1, 0.15) is 39.5 Å². The quantitative estimate of drug-likeness (QED) is 0.784. The maximum atomic E-state index is 12.0. The molecule has 0 heterocycles. The van der Waals surface area contributed by atoms with Crippen molar-refractivity contribution in [2.75, 3.05) is 12.3 Å². The summed E-state index contributed by atoms with van der Waals surface area (Å²) in [6, 6.07) is 0.00162. The van der Waals surface area contributed by atoms with Gasteiger partial charge in [-0.25, -0.2) is 8.42 Å². The second-order valence-corrected chi connectivity index (χ2v) is 6.97. The van der Waals surface area contributed by atoms with E-state index in [0.717, 1.165) is 25.7 Å². The molecule has 0 spiro atoms. The normalized spacial score (nSPS) is 18.1. The molecule has 100 valence electrons. The lowest BCUT2D eigenvalue weighted by molar-refractivity contribution is -0.134. The summed E-state index contributed by atoms with van der Waals surface area (Å²) in [5, 5.41) is 8.67. The Hall–Kier alpha value is -0.620. The smallest absolute Gasteiger partial charge is 0.320 e. The number of nitrogens with zero attached hydrogens (tertiary/aromatic N) is 1. The van der Waals surface area contributed by atoms with Gasteiger partial charge in [-0.05, 0) is 18.8 Å². The van der Waals surface area contributed by atoms with Crippen LogP contribution in [0, 0.1) is 5.92 Å². The number of carbonyl (C=O) groups is 1. The Morgan fingerprint density at radius 3 is 2.29 bits per heavy atom. The van der Waals surface area contributed by atoms with Crippen LogP contribution in [0.15, 0.2) is 0 Å². The minimum Gasteiger partial charge on any atom is -0.480 e. The number of hydrogen-bond acceptors (Lipinski definition) is 3. The van der Waals surface area contributed by atoms with Crippen LogP contribution in [0.5, 0.6) is 0 Å². The molecule has 1 fully saturated rings. The second-order valence-electron chi connectivity index (χ2n) is 5.05. The van der Waals surface area contributed by atoms with Crippen LogP contribution in [-0.2, 0) is 14.8 Å². The Kier molecular flexibility index (Phi) is 4.94. The number of hydrogen-bond donors (Lipinski definition) is 1. The fraction of sp³-hybridized carbons (Fsp3) is 0.909. The lowest BCUT2D eigenvalue weighted by atomic mass is 10.2. The van der Waals surface area contributed by atoms with E-state index in [-0.39, 0.29) is 12.0 Å². The van der Waals surface area contributed by atoms with E-state index in [0.29, 0.717) is 6.54 Å². The molecule has 1 saturated carbocycles. The van der Waals surface area contributed by atoms with E-state index in [1.54, 1.807) is 0 Å². The van der Waals surface area contributed by atoms with Crippen LogP contribution >= 0.6 is 0 Å². The SMILES string of the molecule is CC(C)CN(C1CCCC1)S(=O)(=O)CC(=O)O. The lowest BCUT2D eigenvalue weighted by Crippen LogP contribution is -2.43. The molecule has 1 aliphatic rings. The monoisotopic (exact) mass is 263 g/mol. The molecule has 0 radical (unpaired) electrons. The molecule has 17 heavy (non-hydrogen) atoms. The van der Waals surface area contributed by atoms with Crippen molar-refractivity contribution in [2.24, 2.45) is 5.92 Å². The first-order valence-electron chi connectivity index (χ1n) is 6.04. The van der Waals surface area contributed by atoms with E-state index in [9.17, 15) is 13.2 Å². The van der Waals surface area contributed by atoms with Crippen molar-refractivity contribution in [3.8, 4) is 0 Å². The first kappa shape index (κ1) is 14.4. The van der Waals surface area contributed by atoms with Crippen molar-refractivity contribution in [3.05, 3.63) is 0 Å². The van der Waals surface area contributed by atoms with E-state index in [2.05, 4.69) is 0 Å². The summed E-state index contributed by atoms with van der Waals surface area (Å²) in [5.74, 6) is -1.87. The molecule has 0 atom stereocenters. The first-order valence-corrected chi connectivity index (χ1v) is 7.65. The fourth-order valence-corrected chi connectivity index (χ4v) is 3.95. The van der Waals surface area contributed by atoms with Crippen LogP contribution in [0.3, 0.4) is 0 Å². The minimum atomic E-state index is -3.67. The van der Waals surface area contributed by atoms with Crippen molar-refractivity contribution >= 4 is 16.0 Å². The van der Waals surface area contributed by atoms with Crippen molar-refractivity contribution < 1.29 is 18.3 Å². The summed E-state index contributed by atoms with van der Waals surface area (Å²) < 4.78 is 25.4. The van der Waals surface area contributed by atoms with Crippen LogP contribution in [0.25, 0.3) is 0 Å². The van der Waals surface area contributed by atoms with Gasteiger partial charge >= 0.3 is 5.97 Å². The minimum absolute atomic E-state index is 0.00162. The summed E-state index contributed by atoms with van der Waals surface area (Å²) in [7, 11) is -3.67. The highest BCUT2D eigenvalue weighted by molar-refractivity contribution is 7.89. The zero-order chi connectivity index (χ0) is 13.1. The molecule has 0 amide bonds. The third-order valence-electron chi connectivity index (χ3n) is 2.94. The molecule has 0 saturated heterocycles. The van der Waals surface area contributed by atoms with Gasteiger partial charge in [-0.1, -0.05) is 26.7 Å². The van der Waals surface area contributed by atoms with Crippen molar-refractivity contribution in [1.82, 2.24) is 4.31 Å². The van der Waals surface area contributed by atoms with Crippen LogP contribution in [0.4, 0.5) is 0 Å². The van der Waals surface area contributed by atoms with Crippen LogP contribution < -0.4 is 0 Å². The molecule has 1 aliphatic carbocycles. The average Bonchev–Trinajstić information content (AvgIpc) is 2.63. The second kappa shape index (κ2) is 5.82. The molecule has 5 nitrogen and oxygen atoms in total. The number of carboxylic acid groups (broad SMARTS) is 1. The molecular formula is C11H21NO4S. The molecule has 0 aromatic rings. The highest BCUT2D eigenvalue weighted by Gasteiger charge is 2.33. The third-order valence-corrected chi connectivity index (χ3v) is 4.71. The summed E-state index contributed by atoms with van der Waals surface area (Å²) in [6.07, 6.45) is 3.76. The predicted octanol–water partition coefficient (Wildman–Crippen LogP) is 1.30. The topological polar surface area (TPSA) is 74.7 Å². The van der Waals surface area contributed by atoms with Gasteiger partial charge in [0.25, 0.3) is 0 Å². The summed E-state index contributed by atoms with van der Waals surface area (Å²) >= 11 is 0. The van der Waals surface area contributed by atoms with Gasteiger partial charge < -0.3 is 5.11 Å². The van der Waals surface area contributed by atoms with Gasteiger partial charge in [0.1, 0.15) is 0 Å². The molecule has 0 aromatic heterocycles. The van der Waals surface area contributed by atoms with Gasteiger partial charge in [-0.2, -0.15) is 4.31 Å². The standard InChI is InChI=1S/C11H21NO4S/c1-9(2)7-12(10-5-3-4-6-10)17(15,16)8-11(13)14/h9-10H,3-8H2,1-2H3,(H,13,14). The molecule has 0 bridgehead atoms. The van der Waals surface area contributed by atoms with Gasteiger partial charge in [0, 0.05) is 12.6 Å². The third kappa shape index (κ3) is 4.27. The number of sulfonamides is 1. The van der Waals surface area contributed by atoms with Crippen LogP contribution in [-0.4, -0.2) is 42.1 Å². The Morgan fingerprint density at radius 2 is 1.88 bits per heavy atom. The molecule has 0 unspecified atom stereocenters. The molecule has 0 aliphatic heterocycles. The van der Waals surface area contributed by atoms with E-state index < -0.39 is 21.7 Å². The van der Waals surface area contributed by atoms with Crippen molar-refractivity contribution in [1.29, 1.82) is 0 Å². The van der Waals surface area contributed by atoms with E-state index in [1.165, 1.54) is 4.31 Å². The van der Waals surface area contributed by atoms with Gasteiger partial charge in [-0.15, -0.1) is 0 Å². The average molecular weight is 263 g/mol. The van der Waals surface area contributed by atoms with E-state index in [1.807, 2.05) is 13.8 Å². The number of aliphatic carboxylic acids is 1. The Balaban J connectivity index is 2.84. The summed E-state index contributed by atoms with van der Waals surface area (Å²) in [5.41, 5.74) is 0. The number of carboxylic acids is 1. The summed E-state index contributed by atoms with van der Waals surface area (Å²) in [6.45, 7) is 4.30. The maximum absolute atomic E-state index is 12.0. The van der Waals surface area contributed by atoms with Crippen molar-refractivity contribution in [3.63, 3.8) is 0 Å². The van der Waals surface area contributed by atoms with Gasteiger partial charge in [-0.3, -0.25) is 4.79 Å². The Labute approximate surface area is 103 Å². The van der Waals surface area contributed by atoms with Gasteiger partial charge in [0.15, 0.2) is 5.75 Å². The zero-order valence-corrected chi connectivity index (χ0v) is 11.2. The maximum Gasteiger partial charge on any atom is 0.320 e. The molecule has 6 heteroatoms. The molecular weight excluding hydrogens is 242 g/mol. The van der Waals surface area contributed by atoms with Crippen LogP contribution in [0.2, 0.25) is 0 Å². The highest BCUT2D eigenvalue weighted by Crippen LogP contribution is 2.26. The molecule has 1 N–H and O–H groups in total. The Morgan fingerprint density at radius 1 is 1.35 bits per heavy atom. The van der Waals surface area contributed by atoms with E-state index in [4.69, 9.17) is 5.11 Å². The molecule has 1 rings (SSSR count). The molecule has 0 aromatic carbocycles. The summed E-state index contributed by atoms with van der Waals surface area (Å²) in [4.78, 5) is 10.6. The Bertz CT molecular complexity index is 358. The largest absolute Gasteiger partial charge is 0.480 e. The fourth-order valence-electron chi connectivity index (χ4n) is 2.28. The van der Waals surface area contributed by atoms with Gasteiger partial charge in [0.05, 0.1) is 0 Å². The lowest BCUT2D eigenvalue weighted by Gasteiger charge is -2.28. The zero-order valence-electron chi connectivity index (χ0n) is 10.4. The first-order chi connectivity index (χ1) is 7.83. The predicted molar refractivity (Wildman–Crippen MR) is 65.2 cm³/mol.